The Balaban J connectivity index is 2.46. The van der Waals surface area contributed by atoms with Gasteiger partial charge in [-0.05, 0) is 39.0 Å². The summed E-state index contributed by atoms with van der Waals surface area (Å²) in [6.45, 7) is 5.36. The standard InChI is InChI=1S/C16H21N3O4/c1-16(2,3)23-15(20)19-11(9-14(17)18-19)10-6-7-12(21-4)13(8-10)22-5/h6-9H,1-5H3,(H2,17,18). The first-order chi connectivity index (χ1) is 10.7. The summed E-state index contributed by atoms with van der Waals surface area (Å²) < 4.78 is 17.0. The molecule has 0 aliphatic rings. The van der Waals surface area contributed by atoms with E-state index in [1.807, 2.05) is 0 Å². The van der Waals surface area contributed by atoms with Crippen LogP contribution in [0.2, 0.25) is 0 Å². The molecule has 1 aromatic heterocycles. The molecule has 124 valence electrons. The van der Waals surface area contributed by atoms with Crippen LogP contribution in [0.3, 0.4) is 0 Å². The molecule has 7 nitrogen and oxygen atoms in total. The van der Waals surface area contributed by atoms with E-state index < -0.39 is 11.7 Å². The van der Waals surface area contributed by atoms with Gasteiger partial charge in [0.2, 0.25) is 0 Å². The maximum Gasteiger partial charge on any atom is 0.435 e. The topological polar surface area (TPSA) is 88.6 Å². The van der Waals surface area contributed by atoms with Gasteiger partial charge in [0.15, 0.2) is 11.5 Å². The normalized spacial score (nSPS) is 11.2. The number of nitrogens with two attached hydrogens (primary N) is 1. The fourth-order valence-electron chi connectivity index (χ4n) is 2.04. The van der Waals surface area contributed by atoms with Gasteiger partial charge < -0.3 is 19.9 Å². The van der Waals surface area contributed by atoms with Gasteiger partial charge in [-0.1, -0.05) is 0 Å². The van der Waals surface area contributed by atoms with Crippen molar-refractivity contribution < 1.29 is 19.0 Å². The molecule has 0 amide bonds. The Kier molecular flexibility index (Phi) is 4.49. The molecule has 0 fully saturated rings. The lowest BCUT2D eigenvalue weighted by atomic mass is 10.1. The van der Waals surface area contributed by atoms with Gasteiger partial charge in [-0.3, -0.25) is 0 Å². The van der Waals surface area contributed by atoms with Gasteiger partial charge in [0.05, 0.1) is 19.9 Å². The lowest BCUT2D eigenvalue weighted by Crippen LogP contribution is -2.28. The molecular formula is C16H21N3O4. The van der Waals surface area contributed by atoms with E-state index in [0.29, 0.717) is 22.8 Å². The summed E-state index contributed by atoms with van der Waals surface area (Å²) in [5.41, 5.74) is 6.33. The first-order valence-electron chi connectivity index (χ1n) is 7.06. The van der Waals surface area contributed by atoms with E-state index in [-0.39, 0.29) is 5.82 Å². The highest BCUT2D eigenvalue weighted by Gasteiger charge is 2.22. The van der Waals surface area contributed by atoms with Crippen LogP contribution in [0.15, 0.2) is 24.3 Å². The van der Waals surface area contributed by atoms with Crippen LogP contribution in [0.25, 0.3) is 11.3 Å². The molecule has 0 spiro atoms. The zero-order chi connectivity index (χ0) is 17.2. The van der Waals surface area contributed by atoms with E-state index in [1.165, 1.54) is 0 Å². The van der Waals surface area contributed by atoms with Crippen molar-refractivity contribution in [2.24, 2.45) is 0 Å². The minimum Gasteiger partial charge on any atom is -0.493 e. The first-order valence-corrected chi connectivity index (χ1v) is 7.06. The van der Waals surface area contributed by atoms with Crippen molar-refractivity contribution in [3.05, 3.63) is 24.3 Å². The molecule has 2 rings (SSSR count). The second-order valence-corrected chi connectivity index (χ2v) is 5.92. The fourth-order valence-corrected chi connectivity index (χ4v) is 2.04. The van der Waals surface area contributed by atoms with Gasteiger partial charge in [0.1, 0.15) is 11.4 Å². The lowest BCUT2D eigenvalue weighted by molar-refractivity contribution is 0.0518. The Hall–Kier alpha value is -2.70. The Morgan fingerprint density at radius 3 is 2.35 bits per heavy atom. The lowest BCUT2D eigenvalue weighted by Gasteiger charge is -2.19. The minimum atomic E-state index is -0.632. The number of hydrogen-bond acceptors (Lipinski definition) is 6. The number of hydrogen-bond donors (Lipinski definition) is 1. The summed E-state index contributed by atoms with van der Waals surface area (Å²) in [6, 6.07) is 6.89. The summed E-state index contributed by atoms with van der Waals surface area (Å²) in [5, 5.41) is 4.02. The number of nitrogen functional groups attached to an aromatic ring is 1. The van der Waals surface area contributed by atoms with Crippen molar-refractivity contribution in [1.82, 2.24) is 9.78 Å². The summed E-state index contributed by atoms with van der Waals surface area (Å²) in [7, 11) is 3.10. The van der Waals surface area contributed by atoms with Crippen LogP contribution in [0.1, 0.15) is 20.8 Å². The summed E-state index contributed by atoms with van der Waals surface area (Å²) in [5.74, 6) is 1.36. The number of carbonyl (C=O) groups is 1. The third-order valence-corrected chi connectivity index (χ3v) is 2.97. The number of ether oxygens (including phenoxy) is 3. The van der Waals surface area contributed by atoms with Crippen LogP contribution < -0.4 is 15.2 Å². The second kappa shape index (κ2) is 6.20. The first kappa shape index (κ1) is 16.7. The highest BCUT2D eigenvalue weighted by Crippen LogP contribution is 2.33. The van der Waals surface area contributed by atoms with E-state index >= 15 is 0 Å². The Bertz CT molecular complexity index is 717. The van der Waals surface area contributed by atoms with Crippen LogP contribution in [0.5, 0.6) is 11.5 Å². The van der Waals surface area contributed by atoms with Gasteiger partial charge in [-0.15, -0.1) is 5.10 Å². The molecule has 0 radical (unpaired) electrons. The van der Waals surface area contributed by atoms with E-state index in [1.54, 1.807) is 59.3 Å². The molecule has 0 saturated carbocycles. The third-order valence-electron chi connectivity index (χ3n) is 2.97. The maximum absolute atomic E-state index is 12.3. The molecule has 0 atom stereocenters. The fraction of sp³-hybridized carbons (Fsp3) is 0.375. The highest BCUT2D eigenvalue weighted by atomic mass is 16.6. The Morgan fingerprint density at radius 2 is 1.78 bits per heavy atom. The molecule has 2 aromatic rings. The SMILES string of the molecule is COc1ccc(-c2cc(N)nn2C(=O)OC(C)(C)C)cc1OC. The zero-order valence-corrected chi connectivity index (χ0v) is 13.9. The highest BCUT2D eigenvalue weighted by molar-refractivity contribution is 5.79. The maximum atomic E-state index is 12.3. The van der Waals surface area contributed by atoms with Crippen molar-refractivity contribution >= 4 is 11.9 Å². The van der Waals surface area contributed by atoms with Crippen LogP contribution in [0.4, 0.5) is 10.6 Å². The van der Waals surface area contributed by atoms with E-state index in [9.17, 15) is 4.79 Å². The number of nitrogens with zero attached hydrogens (tertiary/aromatic N) is 2. The minimum absolute atomic E-state index is 0.223. The van der Waals surface area contributed by atoms with Crippen LogP contribution in [-0.4, -0.2) is 35.7 Å². The monoisotopic (exact) mass is 319 g/mol. The molecule has 0 bridgehead atoms. The summed E-state index contributed by atoms with van der Waals surface area (Å²) in [6.07, 6.45) is -0.598. The van der Waals surface area contributed by atoms with Crippen molar-refractivity contribution in [3.8, 4) is 22.8 Å². The van der Waals surface area contributed by atoms with Crippen molar-refractivity contribution in [3.63, 3.8) is 0 Å². The molecule has 0 saturated heterocycles. The van der Waals surface area contributed by atoms with E-state index in [0.717, 1.165) is 4.68 Å². The van der Waals surface area contributed by atoms with Gasteiger partial charge >= 0.3 is 6.09 Å². The molecular weight excluding hydrogens is 298 g/mol. The van der Waals surface area contributed by atoms with Gasteiger partial charge in [-0.25, -0.2) is 4.79 Å². The Labute approximate surface area is 134 Å². The molecule has 23 heavy (non-hydrogen) atoms. The number of benzene rings is 1. The van der Waals surface area contributed by atoms with Crippen LogP contribution in [-0.2, 0) is 4.74 Å². The number of rotatable bonds is 3. The van der Waals surface area contributed by atoms with Crippen molar-refractivity contribution in [2.45, 2.75) is 26.4 Å². The van der Waals surface area contributed by atoms with Crippen LogP contribution in [0, 0.1) is 0 Å². The van der Waals surface area contributed by atoms with Crippen molar-refractivity contribution in [2.75, 3.05) is 20.0 Å². The van der Waals surface area contributed by atoms with E-state index in [4.69, 9.17) is 19.9 Å². The largest absolute Gasteiger partial charge is 0.493 e. The number of anilines is 1. The average molecular weight is 319 g/mol. The van der Waals surface area contributed by atoms with Gasteiger partial charge in [0.25, 0.3) is 0 Å². The second-order valence-electron chi connectivity index (χ2n) is 5.92. The summed E-state index contributed by atoms with van der Waals surface area (Å²) in [4.78, 5) is 12.3. The van der Waals surface area contributed by atoms with Crippen molar-refractivity contribution in [1.29, 1.82) is 0 Å². The van der Waals surface area contributed by atoms with Crippen LogP contribution >= 0.6 is 0 Å². The molecule has 2 N–H and O–H groups in total. The number of methoxy groups -OCH3 is 2. The average Bonchev–Trinajstić information content (AvgIpc) is 2.87. The predicted octanol–water partition coefficient (Wildman–Crippen LogP) is 2.93. The molecule has 1 aromatic carbocycles. The zero-order valence-electron chi connectivity index (χ0n) is 13.9. The molecule has 0 unspecified atom stereocenters. The van der Waals surface area contributed by atoms with E-state index in [2.05, 4.69) is 5.10 Å². The predicted molar refractivity (Wildman–Crippen MR) is 86.8 cm³/mol. The van der Waals surface area contributed by atoms with Gasteiger partial charge in [-0.2, -0.15) is 4.68 Å². The molecule has 1 heterocycles. The quantitative estimate of drug-likeness (QED) is 0.935. The molecule has 0 aliphatic heterocycles. The molecule has 0 aliphatic carbocycles. The molecule has 7 heteroatoms. The number of carbonyl (C=O) groups excluding carboxylic acids is 1. The van der Waals surface area contributed by atoms with Gasteiger partial charge in [0, 0.05) is 11.6 Å². The number of aromatic nitrogens is 2. The summed E-state index contributed by atoms with van der Waals surface area (Å²) >= 11 is 0. The third kappa shape index (κ3) is 3.74. The Morgan fingerprint density at radius 1 is 1.13 bits per heavy atom. The smallest absolute Gasteiger partial charge is 0.435 e.